The molecule has 2 bridgehead atoms. The minimum Gasteiger partial charge on any atom is -0.462 e. The third kappa shape index (κ3) is 26.7. The second-order valence-corrected chi connectivity index (χ2v) is 21.5. The number of cyclic esters (lactones) is 1. The van der Waals surface area contributed by atoms with Gasteiger partial charge in [-0.25, -0.2) is 9.13 Å². The molecule has 10 N–H and O–H groups in total. The zero-order valence-electron chi connectivity index (χ0n) is 40.8. The van der Waals surface area contributed by atoms with E-state index in [1.54, 1.807) is 0 Å². The van der Waals surface area contributed by atoms with E-state index < -0.39 is 132 Å². The number of aliphatic hydroxyl groups is 7. The van der Waals surface area contributed by atoms with E-state index in [4.69, 9.17) is 23.0 Å². The Balaban J connectivity index is 2.36. The number of fused-ring (bicyclic) bond motifs is 4. The number of Topliss-reactive ketones (excluding diaryl/α,β-unsaturated/α-hetero) is 1. The first-order valence-electron chi connectivity index (χ1n) is 25.4. The van der Waals surface area contributed by atoms with Crippen molar-refractivity contribution in [3.05, 3.63) is 12.2 Å². The number of carbonyl (C=O) groups excluding carboxylic acids is 3. The smallest absolute Gasteiger partial charge is 0.462 e. The topological polar surface area (TPSA) is 334 Å². The van der Waals surface area contributed by atoms with Crippen molar-refractivity contribution in [2.75, 3.05) is 13.2 Å². The van der Waals surface area contributed by atoms with Crippen LogP contribution in [0.3, 0.4) is 0 Å². The first-order chi connectivity index (χ1) is 32.7. The molecule has 0 radical (unpaired) electrons. The van der Waals surface area contributed by atoms with Crippen LogP contribution in [0.1, 0.15) is 181 Å². The van der Waals surface area contributed by atoms with E-state index in [0.717, 1.165) is 57.1 Å². The summed E-state index contributed by atoms with van der Waals surface area (Å²) in [5.41, 5.74) is 0. The summed E-state index contributed by atoms with van der Waals surface area (Å²) in [6.45, 7) is 2.47. The van der Waals surface area contributed by atoms with Crippen molar-refractivity contribution >= 4 is 33.4 Å². The van der Waals surface area contributed by atoms with Gasteiger partial charge in [-0.15, -0.1) is 0 Å². The molecule has 0 aromatic heterocycles. The molecule has 1 unspecified atom stereocenters. The lowest BCUT2D eigenvalue weighted by Crippen LogP contribution is -2.56. The van der Waals surface area contributed by atoms with Crippen molar-refractivity contribution in [3.63, 3.8) is 0 Å². The monoisotopic (exact) mass is 1030 g/mol. The average Bonchev–Trinajstić information content (AvgIpc) is 3.29. The Kier molecular flexibility index (Phi) is 31.9. The van der Waals surface area contributed by atoms with Crippen molar-refractivity contribution in [1.82, 2.24) is 0 Å². The molecular formula is C47H86O20P2. The number of phosphoric ester groups is 2. The summed E-state index contributed by atoms with van der Waals surface area (Å²) in [6.07, 6.45) is -2.30. The second kappa shape index (κ2) is 34.7. The summed E-state index contributed by atoms with van der Waals surface area (Å²) in [7, 11) is -11.5. The van der Waals surface area contributed by atoms with E-state index >= 15 is 0 Å². The lowest BCUT2D eigenvalue weighted by Gasteiger charge is -2.38. The number of hydrogen-bond acceptors (Lipinski definition) is 17. The molecule has 69 heavy (non-hydrogen) atoms. The highest BCUT2D eigenvalue weighted by atomic mass is 31.2. The molecule has 20 nitrogen and oxygen atoms in total. The van der Waals surface area contributed by atoms with Gasteiger partial charge >= 0.3 is 27.6 Å². The van der Waals surface area contributed by atoms with Crippen LogP contribution in [0.2, 0.25) is 0 Å². The normalized spacial score (nSPS) is 31.4. The van der Waals surface area contributed by atoms with Crippen LogP contribution in [0.25, 0.3) is 0 Å². The Hall–Kier alpha value is -1.71. The Morgan fingerprint density at radius 1 is 0.754 bits per heavy atom. The lowest BCUT2D eigenvalue weighted by molar-refractivity contribution is -0.166. The number of carbonyl (C=O) groups is 3. The fourth-order valence-corrected chi connectivity index (χ4v) is 10.3. The SMILES string of the molecule is CCCCCCCCCCCCCCCCCC(=O)O[C@@H]1COC(=O)CCCCC(=O)C[C@@H]2[C@@H](O)[C@H](O)[C@@H](O)[C@H](OP(=O)(O)OC1)[C@H](OP(=O)(O)O)[C@H](O)[C@@H](/C=C/[C@@H](O)CCCCC)[C@H](O)C[C@@H]2O. The molecule has 1 aliphatic carbocycles. The van der Waals surface area contributed by atoms with Gasteiger partial charge in [0, 0.05) is 43.9 Å². The first-order valence-corrected chi connectivity index (χ1v) is 28.4. The number of esters is 2. The van der Waals surface area contributed by atoms with Gasteiger partial charge in [-0.1, -0.05) is 135 Å². The highest BCUT2D eigenvalue weighted by molar-refractivity contribution is 7.47. The molecule has 2 rings (SSSR count). The van der Waals surface area contributed by atoms with Crippen molar-refractivity contribution in [1.29, 1.82) is 0 Å². The van der Waals surface area contributed by atoms with Crippen LogP contribution >= 0.6 is 15.6 Å². The second-order valence-electron chi connectivity index (χ2n) is 18.9. The average molecular weight is 1030 g/mol. The maximum absolute atomic E-state index is 13.8. The number of ketones is 1. The Labute approximate surface area is 408 Å². The minimum atomic E-state index is -5.81. The molecule has 2 fully saturated rings. The van der Waals surface area contributed by atoms with E-state index in [9.17, 15) is 73.9 Å². The van der Waals surface area contributed by atoms with E-state index in [0.29, 0.717) is 12.8 Å². The molecular weight excluding hydrogens is 946 g/mol. The summed E-state index contributed by atoms with van der Waals surface area (Å²) >= 11 is 0. The van der Waals surface area contributed by atoms with Crippen molar-refractivity contribution in [2.45, 2.75) is 242 Å². The van der Waals surface area contributed by atoms with E-state index in [2.05, 4.69) is 6.92 Å². The molecule has 22 heteroatoms. The molecule has 0 aromatic carbocycles. The number of aliphatic hydroxyl groups excluding tert-OH is 7. The Morgan fingerprint density at radius 3 is 1.88 bits per heavy atom. The predicted molar refractivity (Wildman–Crippen MR) is 253 cm³/mol. The van der Waals surface area contributed by atoms with Crippen LogP contribution in [-0.2, 0) is 46.6 Å². The molecule has 13 atom stereocenters. The number of phosphoric acid groups is 2. The zero-order valence-corrected chi connectivity index (χ0v) is 42.6. The highest BCUT2D eigenvalue weighted by Crippen LogP contribution is 2.50. The van der Waals surface area contributed by atoms with Crippen LogP contribution in [0, 0.1) is 11.8 Å². The molecule has 0 spiro atoms. The molecule has 1 heterocycles. The van der Waals surface area contributed by atoms with E-state index in [1.807, 2.05) is 6.92 Å². The third-order valence-corrected chi connectivity index (χ3v) is 14.3. The molecule has 0 amide bonds. The fourth-order valence-electron chi connectivity index (χ4n) is 8.73. The summed E-state index contributed by atoms with van der Waals surface area (Å²) in [5.74, 6) is -5.57. The van der Waals surface area contributed by atoms with Gasteiger partial charge in [0.15, 0.2) is 6.10 Å². The number of unbranched alkanes of at least 4 members (excludes halogenated alkanes) is 16. The van der Waals surface area contributed by atoms with Gasteiger partial charge in [-0.05, 0) is 25.7 Å². The van der Waals surface area contributed by atoms with Crippen LogP contribution in [0.4, 0.5) is 0 Å². The first kappa shape index (κ1) is 63.4. The van der Waals surface area contributed by atoms with Gasteiger partial charge in [-0.2, -0.15) is 0 Å². The standard InChI is InChI=1S/C47H86O20P2/c1-3-5-7-8-9-10-11-12-13-14-15-16-17-18-20-26-41(53)65-35-31-63-40(52)25-22-21-24-34(49)29-37-39(51)30-38(50)36(28-27-33(48)23-19-6-4-2)43(55)46(66-68(58,59)60)47(45(57)44(56)42(37)54)67-69(61,62)64-32-35/h27-28,33,35-39,42-48,50-51,54-57H,3-26,29-32H2,1-2H3,(H,61,62)(H2,58,59,60)/b28-27+/t33-,35+,36-,37-,38+,39-,42+,43+,44-,45+,46+,47-/m0/s1. The van der Waals surface area contributed by atoms with Gasteiger partial charge in [0.2, 0.25) is 0 Å². The highest BCUT2D eigenvalue weighted by Gasteiger charge is 2.52. The largest absolute Gasteiger partial charge is 0.472 e. The van der Waals surface area contributed by atoms with Crippen LogP contribution in [0.5, 0.6) is 0 Å². The Morgan fingerprint density at radius 2 is 1.30 bits per heavy atom. The summed E-state index contributed by atoms with van der Waals surface area (Å²) < 4.78 is 52.2. The summed E-state index contributed by atoms with van der Waals surface area (Å²) in [6, 6.07) is 0. The van der Waals surface area contributed by atoms with Crippen LogP contribution in [-0.4, -0.2) is 142 Å². The van der Waals surface area contributed by atoms with Gasteiger partial charge in [0.05, 0.1) is 37.1 Å². The molecule has 1 aliphatic heterocycles. The van der Waals surface area contributed by atoms with Gasteiger partial charge < -0.3 is 59.9 Å². The predicted octanol–water partition coefficient (Wildman–Crippen LogP) is 5.52. The number of hydrogen-bond donors (Lipinski definition) is 10. The van der Waals surface area contributed by atoms with Crippen LogP contribution in [0.15, 0.2) is 12.2 Å². The van der Waals surface area contributed by atoms with Crippen molar-refractivity contribution < 1.29 is 97.0 Å². The zero-order chi connectivity index (χ0) is 51.4. The van der Waals surface area contributed by atoms with E-state index in [-0.39, 0.29) is 38.5 Å². The third-order valence-electron chi connectivity index (χ3n) is 12.8. The Bertz CT molecular complexity index is 1560. The minimum absolute atomic E-state index is 0.0509. The molecule has 1 saturated carbocycles. The van der Waals surface area contributed by atoms with Crippen LogP contribution < -0.4 is 0 Å². The molecule has 1 saturated heterocycles. The molecule has 2 aliphatic rings. The lowest BCUT2D eigenvalue weighted by atomic mass is 9.82. The maximum atomic E-state index is 13.8. The van der Waals surface area contributed by atoms with Gasteiger partial charge in [-0.3, -0.25) is 28.0 Å². The quantitative estimate of drug-likeness (QED) is 0.0233. The molecule has 404 valence electrons. The summed E-state index contributed by atoms with van der Waals surface area (Å²) in [4.78, 5) is 70.1. The van der Waals surface area contributed by atoms with E-state index in [1.165, 1.54) is 57.8 Å². The molecule has 0 aromatic rings. The van der Waals surface area contributed by atoms with Gasteiger partial charge in [0.25, 0.3) is 0 Å². The number of rotatable bonds is 25. The fraction of sp³-hybridized carbons (Fsp3) is 0.894. The van der Waals surface area contributed by atoms with Crippen molar-refractivity contribution in [3.8, 4) is 0 Å². The van der Waals surface area contributed by atoms with Gasteiger partial charge in [0.1, 0.15) is 36.8 Å². The van der Waals surface area contributed by atoms with Crippen molar-refractivity contribution in [2.24, 2.45) is 11.8 Å². The summed E-state index contributed by atoms with van der Waals surface area (Å²) in [5, 5.41) is 79.8. The maximum Gasteiger partial charge on any atom is 0.472 e. The number of ether oxygens (including phenoxy) is 2.